The number of halogens is 2. The second-order valence-electron chi connectivity index (χ2n) is 13.4. The predicted octanol–water partition coefficient (Wildman–Crippen LogP) is 5.88. The molecule has 0 radical (unpaired) electrons. The molecule has 2 atom stereocenters. The van der Waals surface area contributed by atoms with Gasteiger partial charge in [-0.05, 0) is 0 Å². The topological polar surface area (TPSA) is 25.8 Å². The van der Waals surface area contributed by atoms with Crippen LogP contribution in [-0.4, -0.2) is 9.97 Å². The molecule has 0 N–H and O–H groups in total. The van der Waals surface area contributed by atoms with Crippen LogP contribution in [0.5, 0.6) is 0 Å². The van der Waals surface area contributed by atoms with Gasteiger partial charge in [-0.2, -0.15) is 0 Å². The van der Waals surface area contributed by atoms with Crippen LogP contribution in [0.1, 0.15) is 45.5 Å². The fraction of sp³-hybridized carbons (Fsp3) is 0.0417. The summed E-state index contributed by atoms with van der Waals surface area (Å²) >= 11 is -1.38. The van der Waals surface area contributed by atoms with Crippen molar-refractivity contribution in [1.29, 1.82) is 0 Å². The minimum absolute atomic E-state index is 0. The van der Waals surface area contributed by atoms with Crippen LogP contribution in [0, 0.1) is 0 Å². The third-order valence-electron chi connectivity index (χ3n) is 10.5. The van der Waals surface area contributed by atoms with E-state index in [9.17, 15) is 0 Å². The Balaban J connectivity index is 0.00000200. The Kier molecular flexibility index (Phi) is 9.84. The molecule has 0 spiro atoms. The predicted molar refractivity (Wildman–Crippen MR) is 207 cm³/mol. The van der Waals surface area contributed by atoms with Gasteiger partial charge in [0.15, 0.2) is 0 Å². The number of aromatic nitrogens is 2. The number of fused-ring (bicyclic) bond motifs is 4. The van der Waals surface area contributed by atoms with E-state index in [-0.39, 0.29) is 36.6 Å². The van der Waals surface area contributed by atoms with Gasteiger partial charge in [-0.25, -0.2) is 0 Å². The first kappa shape index (κ1) is 35.1. The molecule has 2 aromatic heterocycles. The van der Waals surface area contributed by atoms with Gasteiger partial charge in [-0.15, -0.1) is 0 Å². The average molecular weight is 799 g/mol. The van der Waals surface area contributed by atoms with Crippen molar-refractivity contribution in [2.24, 2.45) is 0 Å². The molecule has 0 saturated carbocycles. The number of pyridine rings is 2. The number of nitrogens with zero attached hydrogens (tertiary/aromatic N) is 2. The summed E-state index contributed by atoms with van der Waals surface area (Å²) in [5, 5.41) is 5.10. The summed E-state index contributed by atoms with van der Waals surface area (Å²) in [6.45, 7) is 0. The van der Waals surface area contributed by atoms with E-state index >= 15 is 0 Å². The van der Waals surface area contributed by atoms with Crippen molar-refractivity contribution < 1.29 is 48.0 Å². The Morgan fingerprint density at radius 2 is 0.774 bits per heavy atom. The van der Waals surface area contributed by atoms with Crippen LogP contribution in [0.15, 0.2) is 177 Å². The Labute approximate surface area is 333 Å². The molecule has 0 saturated heterocycles. The van der Waals surface area contributed by atoms with E-state index in [0.29, 0.717) is 0 Å². The molecule has 5 heteroatoms. The van der Waals surface area contributed by atoms with Crippen LogP contribution in [0.4, 0.5) is 0 Å². The maximum absolute atomic E-state index is 4.99. The Hall–Kier alpha value is -4.92. The van der Waals surface area contributed by atoms with Gasteiger partial charge in [-0.1, -0.05) is 0 Å². The van der Waals surface area contributed by atoms with E-state index < -0.39 is 23.2 Å². The number of allylic oxidation sites excluding steroid dienone is 2. The van der Waals surface area contributed by atoms with Crippen LogP contribution in [0.3, 0.4) is 0 Å². The van der Waals surface area contributed by atoms with Crippen LogP contribution in [0.25, 0.3) is 56.0 Å². The molecule has 0 aliphatic heterocycles. The number of benzene rings is 6. The van der Waals surface area contributed by atoms with Crippen molar-refractivity contribution >= 4 is 33.7 Å². The third-order valence-corrected chi connectivity index (χ3v) is 14.1. The zero-order valence-corrected chi connectivity index (χ0v) is 32.6. The molecule has 2 aliphatic carbocycles. The number of hydrogen-bond donors (Lipinski definition) is 0. The van der Waals surface area contributed by atoms with Crippen molar-refractivity contribution in [3.63, 3.8) is 0 Å². The Bertz CT molecular complexity index is 2490. The third kappa shape index (κ3) is 6.12. The van der Waals surface area contributed by atoms with E-state index in [0.717, 1.165) is 11.4 Å². The van der Waals surface area contributed by atoms with Crippen molar-refractivity contribution in [2.45, 2.75) is 11.8 Å². The number of hydrogen-bond acceptors (Lipinski definition) is 2. The summed E-state index contributed by atoms with van der Waals surface area (Å²) in [5.74, 6) is 0.267. The number of rotatable bonds is 6. The molecule has 0 amide bonds. The fourth-order valence-electron chi connectivity index (χ4n) is 8.31. The molecular weight excluding hydrogens is 767 g/mol. The molecule has 0 bridgehead atoms. The molecule has 0 fully saturated rings. The molecule has 2 unspecified atom stereocenters. The molecule has 53 heavy (non-hydrogen) atoms. The van der Waals surface area contributed by atoms with Gasteiger partial charge in [-0.3, -0.25) is 0 Å². The standard InChI is InChI=1S/2C24H16N.2ClH.Zr/c2*1-2-9-18-17(7-1)8-5-10-19(18)20-11-6-12-21-22(20)14-15-23(21)24-13-3-4-16-25-24;;;/h2*1-14,16,23H;2*1H;/q;;;;+2/p-2. The van der Waals surface area contributed by atoms with Crippen molar-refractivity contribution in [3.05, 3.63) is 210 Å². The quantitative estimate of drug-likeness (QED) is 0.210. The second-order valence-corrected chi connectivity index (χ2v) is 16.8. The van der Waals surface area contributed by atoms with Gasteiger partial charge in [0.05, 0.1) is 0 Å². The monoisotopic (exact) mass is 796 g/mol. The summed E-state index contributed by atoms with van der Waals surface area (Å²) in [6, 6.07) is 57.3. The Morgan fingerprint density at radius 3 is 1.23 bits per heavy atom. The largest absolute Gasteiger partial charge is 1.00 e. The molecule has 8 aromatic rings. The summed E-state index contributed by atoms with van der Waals surface area (Å²) < 4.78 is 3.07. The summed E-state index contributed by atoms with van der Waals surface area (Å²) in [4.78, 5) is 9.98. The SMILES string of the molecule is C1=[C]([Zr+2][C]2=Cc3c(-c4cccc5ccccc45)cccc3C2c2ccccn2)C(c2ccccn2)c2cccc(-c3cccc4ccccc34)c21.[Cl-].[Cl-]. The van der Waals surface area contributed by atoms with Gasteiger partial charge in [0, 0.05) is 0 Å². The van der Waals surface area contributed by atoms with Crippen LogP contribution in [0.2, 0.25) is 0 Å². The van der Waals surface area contributed by atoms with Gasteiger partial charge in [0.1, 0.15) is 0 Å². The summed E-state index contributed by atoms with van der Waals surface area (Å²) in [7, 11) is 0. The van der Waals surface area contributed by atoms with Crippen LogP contribution < -0.4 is 24.8 Å². The fourth-order valence-corrected chi connectivity index (χ4v) is 12.4. The van der Waals surface area contributed by atoms with Crippen molar-refractivity contribution in [3.8, 4) is 22.3 Å². The molecular formula is C48H32Cl2N2Zr. The molecule has 252 valence electrons. The van der Waals surface area contributed by atoms with E-state index in [1.165, 1.54) is 72.6 Å². The first-order valence-electron chi connectivity index (χ1n) is 17.6. The van der Waals surface area contributed by atoms with Gasteiger partial charge in [0.2, 0.25) is 0 Å². The van der Waals surface area contributed by atoms with Gasteiger partial charge >= 0.3 is 311 Å². The molecule has 2 heterocycles. The van der Waals surface area contributed by atoms with E-state index in [2.05, 4.69) is 158 Å². The van der Waals surface area contributed by atoms with Crippen LogP contribution in [-0.2, 0) is 23.2 Å². The van der Waals surface area contributed by atoms with E-state index in [1.807, 2.05) is 24.5 Å². The average Bonchev–Trinajstić information content (AvgIpc) is 3.76. The summed E-state index contributed by atoms with van der Waals surface area (Å²) in [6.07, 6.45) is 8.98. The molecule has 2 nitrogen and oxygen atoms in total. The van der Waals surface area contributed by atoms with Crippen molar-refractivity contribution in [2.75, 3.05) is 0 Å². The molecule has 6 aromatic carbocycles. The molecule has 2 aliphatic rings. The summed E-state index contributed by atoms with van der Waals surface area (Å²) in [5.41, 5.74) is 12.8. The van der Waals surface area contributed by atoms with E-state index in [4.69, 9.17) is 9.97 Å². The first-order valence-corrected chi connectivity index (χ1v) is 20.0. The molecule has 10 rings (SSSR count). The Morgan fingerprint density at radius 1 is 0.377 bits per heavy atom. The van der Waals surface area contributed by atoms with Gasteiger partial charge in [0.25, 0.3) is 0 Å². The maximum atomic E-state index is 4.99. The zero-order valence-electron chi connectivity index (χ0n) is 28.6. The van der Waals surface area contributed by atoms with Gasteiger partial charge < -0.3 is 24.8 Å². The van der Waals surface area contributed by atoms with Crippen molar-refractivity contribution in [1.82, 2.24) is 9.97 Å². The second kappa shape index (κ2) is 14.8. The normalized spacial score (nSPS) is 15.4. The minimum atomic E-state index is -1.38. The minimum Gasteiger partial charge on any atom is -1.00 e. The maximum Gasteiger partial charge on any atom is -1.00 e. The van der Waals surface area contributed by atoms with E-state index in [1.54, 1.807) is 0 Å². The van der Waals surface area contributed by atoms with Crippen LogP contribution >= 0.6 is 0 Å². The first-order chi connectivity index (χ1) is 25.3. The smallest absolute Gasteiger partial charge is 1.00 e. The zero-order chi connectivity index (χ0) is 33.7.